The summed E-state index contributed by atoms with van der Waals surface area (Å²) in [5.74, 6) is -7.37. The van der Waals surface area contributed by atoms with Gasteiger partial charge in [-0.15, -0.1) is 0 Å². The van der Waals surface area contributed by atoms with Crippen LogP contribution in [0.5, 0.6) is 17.2 Å². The van der Waals surface area contributed by atoms with Gasteiger partial charge in [0.1, 0.15) is 34.3 Å². The van der Waals surface area contributed by atoms with Gasteiger partial charge in [0.25, 0.3) is 5.91 Å². The molecule has 6 rings (SSSR count). The number of hydrogen-bond donors (Lipinski definition) is 7. The molecule has 286 valence electrons. The summed E-state index contributed by atoms with van der Waals surface area (Å²) in [6.07, 6.45) is -1.13. The van der Waals surface area contributed by atoms with Crippen LogP contribution in [0.15, 0.2) is 77.6 Å². The lowest BCUT2D eigenvalue weighted by atomic mass is 9.54. The van der Waals surface area contributed by atoms with Crippen molar-refractivity contribution in [2.24, 2.45) is 17.6 Å². The first-order chi connectivity index (χ1) is 25.6. The molecule has 3 aromatic rings. The minimum Gasteiger partial charge on any atom is -0.508 e. The second kappa shape index (κ2) is 15.3. The normalized spacial score (nSPS) is 24.5. The standard InChI is InChI=1S/C22H24N2O8.C18H21NO3/c1-7-8-5-4-6-9(25)11(8)16(26)12-10(7)17(27)14-15(24(2)3)18(28)13(21(23)31)20(30)22(14,32)19(12)29;1-4-18(20)19-12-14-10-17(22-3)15(11-16(14)21-2)13-8-6-5-7-9-13/h4-7,10,14-15,17,25-27,30,32H,1-3H3,(H2,23,31);5-11H,4,12H2,1-3H3,(H,19,20)/t7-,10+,14+,15-,17-,22-;/m0./s1. The van der Waals surface area contributed by atoms with Crippen molar-refractivity contribution in [1.29, 1.82) is 0 Å². The lowest BCUT2D eigenvalue weighted by Gasteiger charge is -2.53. The highest BCUT2D eigenvalue weighted by Crippen LogP contribution is 2.56. The molecule has 0 bridgehead atoms. The Bertz CT molecular complexity index is 2060. The van der Waals surface area contributed by atoms with Gasteiger partial charge < -0.3 is 46.1 Å². The summed E-state index contributed by atoms with van der Waals surface area (Å²) < 4.78 is 11.0. The molecule has 0 unspecified atom stereocenters. The molecule has 0 spiro atoms. The lowest BCUT2D eigenvalue weighted by Crippen LogP contribution is -2.70. The molecular weight excluding hydrogens is 698 g/mol. The quantitative estimate of drug-likeness (QED) is 0.165. The van der Waals surface area contributed by atoms with E-state index in [1.807, 2.05) is 49.4 Å². The molecule has 3 aliphatic carbocycles. The van der Waals surface area contributed by atoms with E-state index in [9.17, 15) is 44.7 Å². The van der Waals surface area contributed by atoms with Gasteiger partial charge in [0, 0.05) is 35.6 Å². The zero-order chi connectivity index (χ0) is 39.8. The van der Waals surface area contributed by atoms with Gasteiger partial charge in [0.15, 0.2) is 11.4 Å². The molecule has 14 heteroatoms. The highest BCUT2D eigenvalue weighted by Gasteiger charge is 2.68. The smallest absolute Gasteiger partial charge is 0.255 e. The molecule has 3 aromatic carbocycles. The number of nitrogens with one attached hydrogen (secondary N) is 1. The third kappa shape index (κ3) is 6.46. The number of methoxy groups -OCH3 is 2. The molecule has 0 radical (unpaired) electrons. The zero-order valence-corrected chi connectivity index (χ0v) is 30.8. The van der Waals surface area contributed by atoms with Crippen molar-refractivity contribution in [2.75, 3.05) is 28.3 Å². The Morgan fingerprint density at radius 3 is 2.19 bits per heavy atom. The van der Waals surface area contributed by atoms with Crippen LogP contribution in [-0.4, -0.2) is 99.9 Å². The van der Waals surface area contributed by atoms with Crippen LogP contribution >= 0.6 is 0 Å². The molecule has 1 fully saturated rings. The fraction of sp³-hybridized carbons (Fsp3) is 0.350. The Kier molecular flexibility index (Phi) is 11.2. The van der Waals surface area contributed by atoms with Crippen LogP contribution in [0.4, 0.5) is 0 Å². The second-order valence-electron chi connectivity index (χ2n) is 13.7. The van der Waals surface area contributed by atoms with E-state index >= 15 is 0 Å². The molecule has 0 heterocycles. The van der Waals surface area contributed by atoms with E-state index < -0.39 is 75.6 Å². The van der Waals surface area contributed by atoms with E-state index in [0.717, 1.165) is 28.2 Å². The predicted octanol–water partition coefficient (Wildman–Crippen LogP) is 2.89. The molecule has 0 aromatic heterocycles. The number of phenols is 1. The number of rotatable bonds is 8. The predicted molar refractivity (Wildman–Crippen MR) is 197 cm³/mol. The number of amides is 2. The second-order valence-corrected chi connectivity index (χ2v) is 13.7. The van der Waals surface area contributed by atoms with Crippen LogP contribution in [-0.2, 0) is 25.7 Å². The number of carbonyl (C=O) groups excluding carboxylic acids is 4. The number of carbonyl (C=O) groups is 4. The number of nitrogens with zero attached hydrogens (tertiary/aromatic N) is 1. The number of benzene rings is 3. The number of primary amides is 1. The number of aliphatic hydroxyl groups is 4. The van der Waals surface area contributed by atoms with Gasteiger partial charge in [0.05, 0.1) is 37.8 Å². The van der Waals surface area contributed by atoms with Gasteiger partial charge in [-0.3, -0.25) is 24.1 Å². The van der Waals surface area contributed by atoms with E-state index in [1.54, 1.807) is 33.3 Å². The maximum atomic E-state index is 13.7. The summed E-state index contributed by atoms with van der Waals surface area (Å²) in [5.41, 5.74) is 4.38. The van der Waals surface area contributed by atoms with Gasteiger partial charge in [-0.05, 0) is 49.3 Å². The van der Waals surface area contributed by atoms with Gasteiger partial charge in [-0.1, -0.05) is 56.3 Å². The Morgan fingerprint density at radius 2 is 1.61 bits per heavy atom. The summed E-state index contributed by atoms with van der Waals surface area (Å²) in [4.78, 5) is 51.4. The van der Waals surface area contributed by atoms with Crippen molar-refractivity contribution in [3.05, 3.63) is 94.3 Å². The van der Waals surface area contributed by atoms with Crippen LogP contribution in [0, 0.1) is 11.8 Å². The molecule has 8 N–H and O–H groups in total. The number of Topliss-reactive ketones (excluding diaryl/α,β-unsaturated/α-hetero) is 2. The molecule has 3 aliphatic rings. The number of phenolic OH excluding ortho intramolecular Hbond substituents is 1. The average Bonchev–Trinajstić information content (AvgIpc) is 3.15. The van der Waals surface area contributed by atoms with Crippen molar-refractivity contribution >= 4 is 29.1 Å². The number of aliphatic hydroxyl groups excluding tert-OH is 3. The molecule has 0 saturated heterocycles. The monoisotopic (exact) mass is 743 g/mol. The first-order valence-electron chi connectivity index (χ1n) is 17.3. The zero-order valence-electron chi connectivity index (χ0n) is 30.8. The lowest BCUT2D eigenvalue weighted by molar-refractivity contribution is -0.169. The molecular formula is C40H45N3O11. The van der Waals surface area contributed by atoms with Crippen molar-refractivity contribution < 1.29 is 54.2 Å². The number of aromatic hydroxyl groups is 1. The van der Waals surface area contributed by atoms with Gasteiger partial charge in [-0.25, -0.2) is 0 Å². The highest BCUT2D eigenvalue weighted by molar-refractivity contribution is 6.24. The van der Waals surface area contributed by atoms with E-state index in [4.69, 9.17) is 15.2 Å². The van der Waals surface area contributed by atoms with Crippen molar-refractivity contribution in [2.45, 2.75) is 50.5 Å². The summed E-state index contributed by atoms with van der Waals surface area (Å²) >= 11 is 0. The summed E-state index contributed by atoms with van der Waals surface area (Å²) in [7, 11) is 6.19. The fourth-order valence-electron chi connectivity index (χ4n) is 7.84. The van der Waals surface area contributed by atoms with E-state index in [-0.39, 0.29) is 17.2 Å². The van der Waals surface area contributed by atoms with Crippen molar-refractivity contribution in [3.63, 3.8) is 0 Å². The Morgan fingerprint density at radius 1 is 0.963 bits per heavy atom. The van der Waals surface area contributed by atoms with Crippen molar-refractivity contribution in [1.82, 2.24) is 10.2 Å². The Balaban J connectivity index is 0.000000223. The maximum Gasteiger partial charge on any atom is 0.255 e. The molecule has 54 heavy (non-hydrogen) atoms. The highest BCUT2D eigenvalue weighted by atomic mass is 16.5. The number of hydrogen-bond acceptors (Lipinski definition) is 12. The summed E-state index contributed by atoms with van der Waals surface area (Å²) in [6, 6.07) is 17.0. The van der Waals surface area contributed by atoms with E-state index in [2.05, 4.69) is 5.32 Å². The fourth-order valence-corrected chi connectivity index (χ4v) is 7.84. The van der Waals surface area contributed by atoms with E-state index in [1.165, 1.54) is 25.1 Å². The van der Waals surface area contributed by atoms with Crippen molar-refractivity contribution in [3.8, 4) is 28.4 Å². The molecule has 2 amide bonds. The maximum absolute atomic E-state index is 13.7. The Labute approximate surface area is 312 Å². The van der Waals surface area contributed by atoms with Gasteiger partial charge >= 0.3 is 0 Å². The number of ether oxygens (including phenoxy) is 2. The van der Waals surface area contributed by atoms with Crippen LogP contribution in [0.25, 0.3) is 16.9 Å². The number of likely N-dealkylation sites (N-methyl/N-ethyl adjacent to an activating group) is 1. The third-order valence-corrected chi connectivity index (χ3v) is 10.5. The third-order valence-electron chi connectivity index (χ3n) is 10.5. The molecule has 14 nitrogen and oxygen atoms in total. The Hall–Kier alpha value is -5.70. The summed E-state index contributed by atoms with van der Waals surface area (Å²) in [5, 5.41) is 57.8. The largest absolute Gasteiger partial charge is 0.508 e. The first-order valence-corrected chi connectivity index (χ1v) is 17.3. The minimum atomic E-state index is -2.89. The van der Waals surface area contributed by atoms with E-state index in [0.29, 0.717) is 18.5 Å². The van der Waals surface area contributed by atoms with Gasteiger partial charge in [-0.2, -0.15) is 0 Å². The average molecular weight is 744 g/mol. The molecule has 1 saturated carbocycles. The number of nitrogens with two attached hydrogens (primary N) is 1. The minimum absolute atomic E-state index is 0.00755. The van der Waals surface area contributed by atoms with Gasteiger partial charge in [0.2, 0.25) is 11.7 Å². The SMILES string of the molecule is CCC(=O)NCc1cc(OC)c(-c2ccccc2)cc1OC.C[C@H]1c2cccc(O)c2C(O)=C2C(=O)[C@]3(O)C(O)=C(C(N)=O)C(=O)[C@@H](N(C)C)[C@@H]3[C@@H](O)[C@@H]21. The number of fused-ring (bicyclic) bond motifs is 3. The first kappa shape index (κ1) is 39.5. The van der Waals surface area contributed by atoms with Crippen LogP contribution in [0.1, 0.15) is 42.9 Å². The van der Waals surface area contributed by atoms with Crippen LogP contribution < -0.4 is 20.5 Å². The van der Waals surface area contributed by atoms with Crippen LogP contribution in [0.3, 0.4) is 0 Å². The topological polar surface area (TPSA) is 229 Å². The number of ketones is 2. The van der Waals surface area contributed by atoms with Crippen LogP contribution in [0.2, 0.25) is 0 Å². The molecule has 6 atom stereocenters. The summed E-state index contributed by atoms with van der Waals surface area (Å²) in [6.45, 7) is 3.92. The molecule has 0 aliphatic heterocycles.